The average molecular weight is 517 g/mol. The summed E-state index contributed by atoms with van der Waals surface area (Å²) in [5, 5.41) is 3.93. The van der Waals surface area contributed by atoms with Crippen LogP contribution in [0.4, 0.5) is 5.69 Å². The number of aliphatic imine (C=N–C) groups is 1. The molecule has 0 aromatic heterocycles. The van der Waals surface area contributed by atoms with Gasteiger partial charge in [-0.1, -0.05) is 55.4 Å². The minimum atomic E-state index is -1.58. The maximum absolute atomic E-state index is 13.7. The van der Waals surface area contributed by atoms with Crippen LogP contribution in [0.2, 0.25) is 5.02 Å². The SMILES string of the molecule is CCCC(NC(=S)c1ccc(Cl)cc1)C(N)(C(=O)OC(C)(C)C)c1ccc2c(c1)N=C(N)C(C)O2. The number of thiocarbonyl (C=S) groups is 1. The Labute approximate surface area is 217 Å². The van der Waals surface area contributed by atoms with Gasteiger partial charge in [-0.05, 0) is 63.9 Å². The van der Waals surface area contributed by atoms with Crippen LogP contribution in [0.5, 0.6) is 5.75 Å². The number of carbonyl (C=O) groups is 1. The fraction of sp³-hybridized carbons (Fsp3) is 0.423. The lowest BCUT2D eigenvalue weighted by atomic mass is 9.80. The molecule has 0 amide bonds. The molecule has 1 aliphatic heterocycles. The van der Waals surface area contributed by atoms with E-state index < -0.39 is 23.2 Å². The Bertz CT molecular complexity index is 1130. The lowest BCUT2D eigenvalue weighted by Gasteiger charge is -2.39. The van der Waals surface area contributed by atoms with Crippen molar-refractivity contribution in [3.63, 3.8) is 0 Å². The van der Waals surface area contributed by atoms with Gasteiger partial charge in [-0.2, -0.15) is 0 Å². The fourth-order valence-electron chi connectivity index (χ4n) is 3.81. The second kappa shape index (κ2) is 10.5. The first-order valence-corrected chi connectivity index (χ1v) is 12.4. The Hall–Kier alpha value is -2.68. The Morgan fingerprint density at radius 1 is 1.26 bits per heavy atom. The highest BCUT2D eigenvalue weighted by Gasteiger charge is 2.47. The van der Waals surface area contributed by atoms with Crippen LogP contribution in [0.1, 0.15) is 58.6 Å². The maximum Gasteiger partial charge on any atom is 0.333 e. The smallest absolute Gasteiger partial charge is 0.333 e. The molecule has 1 aliphatic rings. The highest BCUT2D eigenvalue weighted by Crippen LogP contribution is 2.38. The number of carbonyl (C=O) groups excluding carboxylic acids is 1. The molecule has 1 heterocycles. The van der Waals surface area contributed by atoms with E-state index in [1.54, 1.807) is 51.1 Å². The number of ether oxygens (including phenoxy) is 2. The number of halogens is 1. The van der Waals surface area contributed by atoms with Gasteiger partial charge in [0, 0.05) is 10.6 Å². The second-order valence-electron chi connectivity index (χ2n) is 9.67. The minimum Gasteiger partial charge on any atom is -0.481 e. The summed E-state index contributed by atoms with van der Waals surface area (Å²) in [4.78, 5) is 18.6. The number of fused-ring (bicyclic) bond motifs is 1. The molecule has 0 saturated heterocycles. The van der Waals surface area contributed by atoms with Gasteiger partial charge in [0.25, 0.3) is 0 Å². The maximum atomic E-state index is 13.7. The van der Waals surface area contributed by atoms with Crippen molar-refractivity contribution in [2.45, 2.75) is 70.7 Å². The van der Waals surface area contributed by atoms with E-state index in [2.05, 4.69) is 10.3 Å². The second-order valence-corrected chi connectivity index (χ2v) is 10.5. The van der Waals surface area contributed by atoms with E-state index in [0.717, 1.165) is 12.0 Å². The zero-order chi connectivity index (χ0) is 26.0. The third-order valence-corrected chi connectivity index (χ3v) is 6.29. The van der Waals surface area contributed by atoms with Crippen molar-refractivity contribution in [2.24, 2.45) is 16.5 Å². The van der Waals surface area contributed by atoms with Crippen LogP contribution in [-0.2, 0) is 15.1 Å². The fourth-order valence-corrected chi connectivity index (χ4v) is 4.22. The monoisotopic (exact) mass is 516 g/mol. The Morgan fingerprint density at radius 3 is 2.51 bits per heavy atom. The lowest BCUT2D eigenvalue weighted by Crippen LogP contribution is -2.62. The number of nitrogens with two attached hydrogens (primary N) is 2. The quantitative estimate of drug-likeness (QED) is 0.360. The van der Waals surface area contributed by atoms with E-state index in [1.165, 1.54) is 0 Å². The van der Waals surface area contributed by atoms with Crippen molar-refractivity contribution in [3.8, 4) is 5.75 Å². The van der Waals surface area contributed by atoms with Gasteiger partial charge in [0.05, 0.1) is 6.04 Å². The molecule has 3 atom stereocenters. The summed E-state index contributed by atoms with van der Waals surface area (Å²) in [5.74, 6) is 0.345. The third-order valence-electron chi connectivity index (χ3n) is 5.68. The van der Waals surface area contributed by atoms with Crippen LogP contribution in [0, 0.1) is 0 Å². The molecule has 9 heteroatoms. The van der Waals surface area contributed by atoms with E-state index in [9.17, 15) is 4.79 Å². The zero-order valence-electron chi connectivity index (χ0n) is 20.7. The van der Waals surface area contributed by atoms with Crippen LogP contribution in [0.25, 0.3) is 0 Å². The molecule has 188 valence electrons. The number of nitrogens with one attached hydrogen (secondary N) is 1. The van der Waals surface area contributed by atoms with Crippen LogP contribution in [0.15, 0.2) is 47.5 Å². The van der Waals surface area contributed by atoms with Crippen molar-refractivity contribution in [1.29, 1.82) is 0 Å². The largest absolute Gasteiger partial charge is 0.481 e. The molecule has 7 nitrogen and oxygen atoms in total. The number of benzene rings is 2. The summed E-state index contributed by atoms with van der Waals surface area (Å²) in [7, 11) is 0. The standard InChI is InChI=1S/C26H33ClN4O3S/c1-6-7-21(31-23(35)16-8-11-18(27)12-9-16)26(29,24(32)34-25(3,4)5)17-10-13-20-19(14-17)30-22(28)15(2)33-20/h8-15,21H,6-7,29H2,1-5H3,(H2,28,30)(H,31,35). The van der Waals surface area contributed by atoms with Gasteiger partial charge in [0.1, 0.15) is 27.9 Å². The highest BCUT2D eigenvalue weighted by atomic mass is 35.5. The lowest BCUT2D eigenvalue weighted by molar-refractivity contribution is -0.163. The van der Waals surface area contributed by atoms with Gasteiger partial charge in [-0.3, -0.25) is 0 Å². The Kier molecular flexibility index (Phi) is 8.09. The normalized spacial score (nSPS) is 17.8. The first kappa shape index (κ1) is 26.9. The third kappa shape index (κ3) is 6.12. The summed E-state index contributed by atoms with van der Waals surface area (Å²) < 4.78 is 11.6. The Morgan fingerprint density at radius 2 is 1.91 bits per heavy atom. The van der Waals surface area contributed by atoms with Gasteiger partial charge in [0.2, 0.25) is 0 Å². The molecule has 0 spiro atoms. The predicted molar refractivity (Wildman–Crippen MR) is 145 cm³/mol. The summed E-state index contributed by atoms with van der Waals surface area (Å²) in [6.07, 6.45) is 0.965. The number of amidine groups is 1. The van der Waals surface area contributed by atoms with Crippen molar-refractivity contribution < 1.29 is 14.3 Å². The number of esters is 1. The van der Waals surface area contributed by atoms with Gasteiger partial charge in [-0.15, -0.1) is 0 Å². The molecular weight excluding hydrogens is 484 g/mol. The van der Waals surface area contributed by atoms with E-state index in [1.807, 2.05) is 26.0 Å². The van der Waals surface area contributed by atoms with Gasteiger partial charge in [-0.25, -0.2) is 9.79 Å². The zero-order valence-corrected chi connectivity index (χ0v) is 22.3. The molecule has 2 aromatic rings. The summed E-state index contributed by atoms with van der Waals surface area (Å²) >= 11 is 11.7. The van der Waals surface area contributed by atoms with Crippen LogP contribution in [-0.4, -0.2) is 34.5 Å². The van der Waals surface area contributed by atoms with Crippen molar-refractivity contribution in [3.05, 3.63) is 58.6 Å². The molecule has 5 N–H and O–H groups in total. The van der Waals surface area contributed by atoms with Gasteiger partial charge < -0.3 is 26.3 Å². The first-order chi connectivity index (χ1) is 16.3. The summed E-state index contributed by atoms with van der Waals surface area (Å²) in [5.41, 5.74) is 12.5. The number of nitrogens with zero attached hydrogens (tertiary/aromatic N) is 1. The average Bonchev–Trinajstić information content (AvgIpc) is 2.78. The topological polar surface area (TPSA) is 112 Å². The van der Waals surface area contributed by atoms with Crippen LogP contribution >= 0.6 is 23.8 Å². The van der Waals surface area contributed by atoms with Crippen molar-refractivity contribution in [2.75, 3.05) is 0 Å². The number of hydrogen-bond acceptors (Lipinski definition) is 7. The Balaban J connectivity index is 2.08. The molecule has 35 heavy (non-hydrogen) atoms. The molecule has 0 saturated carbocycles. The summed E-state index contributed by atoms with van der Waals surface area (Å²) in [6, 6.07) is 11.8. The molecule has 0 fully saturated rings. The van der Waals surface area contributed by atoms with Crippen LogP contribution in [0.3, 0.4) is 0 Å². The van der Waals surface area contributed by atoms with Crippen molar-refractivity contribution in [1.82, 2.24) is 5.32 Å². The van der Waals surface area contributed by atoms with Crippen molar-refractivity contribution >= 4 is 46.3 Å². The van der Waals surface area contributed by atoms with Gasteiger partial charge in [0.15, 0.2) is 11.6 Å². The van der Waals surface area contributed by atoms with Crippen LogP contribution < -0.4 is 21.5 Å². The van der Waals surface area contributed by atoms with Gasteiger partial charge >= 0.3 is 5.97 Å². The number of hydrogen-bond donors (Lipinski definition) is 3. The minimum absolute atomic E-state index is 0.340. The highest BCUT2D eigenvalue weighted by molar-refractivity contribution is 7.80. The number of rotatable bonds is 7. The molecule has 0 aliphatic carbocycles. The van der Waals surface area contributed by atoms with E-state index in [-0.39, 0.29) is 6.10 Å². The summed E-state index contributed by atoms with van der Waals surface area (Å²) in [6.45, 7) is 9.25. The van der Waals surface area contributed by atoms with E-state index in [4.69, 9.17) is 44.8 Å². The van der Waals surface area contributed by atoms with E-state index >= 15 is 0 Å². The molecule has 3 unspecified atom stereocenters. The molecular formula is C26H33ClN4O3S. The predicted octanol–water partition coefficient (Wildman–Crippen LogP) is 4.74. The first-order valence-electron chi connectivity index (χ1n) is 11.6. The molecule has 3 rings (SSSR count). The molecule has 0 radical (unpaired) electrons. The molecule has 2 aromatic carbocycles. The van der Waals surface area contributed by atoms with E-state index in [0.29, 0.717) is 39.3 Å². The molecule has 0 bridgehead atoms.